The molecule has 4 aliphatic rings. The van der Waals surface area contributed by atoms with Crippen molar-refractivity contribution < 1.29 is 4.39 Å². The number of rotatable bonds is 5. The molecule has 2 N–H and O–H groups in total. The van der Waals surface area contributed by atoms with Crippen molar-refractivity contribution in [2.45, 2.75) is 88.9 Å². The standard InChI is InChI=1S/C22H29FN6/c23-18-12-24-21(27-16-6-4-15(5-7-16)26-14-2-1-3-14)28-20(18)17-11-25-29-13-22(8-9-22)10-19(17)29/h11-12,14-16,26H,1-10,13H2,(H,24,27,28)/t15-,16-. The summed E-state index contributed by atoms with van der Waals surface area (Å²) in [6.07, 6.45) is 15.2. The van der Waals surface area contributed by atoms with Crippen LogP contribution in [0, 0.1) is 11.2 Å². The molecule has 1 aliphatic heterocycles. The zero-order valence-electron chi connectivity index (χ0n) is 16.8. The van der Waals surface area contributed by atoms with Crippen LogP contribution in [0.2, 0.25) is 0 Å². The third kappa shape index (κ3) is 3.33. The van der Waals surface area contributed by atoms with Crippen molar-refractivity contribution >= 4 is 5.95 Å². The van der Waals surface area contributed by atoms with Crippen LogP contribution in [0.1, 0.15) is 63.5 Å². The van der Waals surface area contributed by atoms with Crippen LogP contribution < -0.4 is 10.6 Å². The molecule has 0 aromatic carbocycles. The van der Waals surface area contributed by atoms with E-state index in [1.54, 1.807) is 6.20 Å². The molecule has 2 aromatic heterocycles. The molecule has 1 spiro atoms. The van der Waals surface area contributed by atoms with Crippen molar-refractivity contribution in [1.82, 2.24) is 25.1 Å². The van der Waals surface area contributed by atoms with Crippen LogP contribution >= 0.6 is 0 Å². The second-order valence-corrected chi connectivity index (χ2v) is 9.72. The van der Waals surface area contributed by atoms with Gasteiger partial charge in [-0.25, -0.2) is 14.4 Å². The van der Waals surface area contributed by atoms with E-state index in [0.717, 1.165) is 43.1 Å². The molecule has 0 saturated heterocycles. The van der Waals surface area contributed by atoms with E-state index in [9.17, 15) is 4.39 Å². The largest absolute Gasteiger partial charge is 0.351 e. The first-order valence-corrected chi connectivity index (χ1v) is 11.3. The summed E-state index contributed by atoms with van der Waals surface area (Å²) < 4.78 is 16.7. The van der Waals surface area contributed by atoms with Gasteiger partial charge in [0.25, 0.3) is 0 Å². The maximum absolute atomic E-state index is 14.6. The number of halogens is 1. The van der Waals surface area contributed by atoms with Crippen molar-refractivity contribution in [2.75, 3.05) is 5.32 Å². The van der Waals surface area contributed by atoms with Gasteiger partial charge in [0, 0.05) is 35.9 Å². The van der Waals surface area contributed by atoms with Crippen molar-refractivity contribution in [3.63, 3.8) is 0 Å². The minimum Gasteiger partial charge on any atom is -0.351 e. The lowest BCUT2D eigenvalue weighted by atomic mass is 9.87. The van der Waals surface area contributed by atoms with Crippen LogP contribution in [0.5, 0.6) is 0 Å². The van der Waals surface area contributed by atoms with Gasteiger partial charge in [0.05, 0.1) is 12.4 Å². The van der Waals surface area contributed by atoms with Crippen LogP contribution in [-0.2, 0) is 13.0 Å². The zero-order valence-corrected chi connectivity index (χ0v) is 16.8. The SMILES string of the molecule is Fc1cnc(N[C@H]2CC[C@H](NC3CCC3)CC2)nc1-c1cnn2c1CC1(CC1)C2. The number of nitrogens with one attached hydrogen (secondary N) is 2. The Morgan fingerprint density at radius 3 is 2.48 bits per heavy atom. The second kappa shape index (κ2) is 6.76. The Bertz CT molecular complexity index is 908. The van der Waals surface area contributed by atoms with Gasteiger partial charge in [-0.05, 0) is 63.2 Å². The Balaban J connectivity index is 1.14. The van der Waals surface area contributed by atoms with Crippen LogP contribution in [0.3, 0.4) is 0 Å². The first kappa shape index (κ1) is 17.8. The van der Waals surface area contributed by atoms with Crippen molar-refractivity contribution in [3.05, 3.63) is 23.9 Å². The Hall–Kier alpha value is -2.02. The zero-order chi connectivity index (χ0) is 19.4. The minimum absolute atomic E-state index is 0.361. The van der Waals surface area contributed by atoms with Gasteiger partial charge in [-0.15, -0.1) is 0 Å². The van der Waals surface area contributed by atoms with E-state index in [-0.39, 0.29) is 5.82 Å². The van der Waals surface area contributed by atoms with Gasteiger partial charge in [0.2, 0.25) is 5.95 Å². The summed E-state index contributed by atoms with van der Waals surface area (Å²) in [5, 5.41) is 11.8. The minimum atomic E-state index is -0.364. The number of nitrogens with zero attached hydrogens (tertiary/aromatic N) is 4. The van der Waals surface area contributed by atoms with Crippen LogP contribution in [0.4, 0.5) is 10.3 Å². The molecule has 154 valence electrons. The predicted molar refractivity (Wildman–Crippen MR) is 109 cm³/mol. The van der Waals surface area contributed by atoms with Crippen LogP contribution in [-0.4, -0.2) is 37.9 Å². The van der Waals surface area contributed by atoms with Gasteiger partial charge in [0.1, 0.15) is 5.69 Å². The molecule has 0 amide bonds. The summed E-state index contributed by atoms with van der Waals surface area (Å²) in [5.41, 5.74) is 2.76. The van der Waals surface area contributed by atoms with Gasteiger partial charge in [0.15, 0.2) is 5.82 Å². The fourth-order valence-corrected chi connectivity index (χ4v) is 5.29. The normalized spacial score (nSPS) is 27.6. The van der Waals surface area contributed by atoms with Crippen LogP contribution in [0.15, 0.2) is 12.4 Å². The summed E-state index contributed by atoms with van der Waals surface area (Å²) in [4.78, 5) is 8.81. The fraction of sp³-hybridized carbons (Fsp3) is 0.682. The Morgan fingerprint density at radius 2 is 1.76 bits per heavy atom. The molecular weight excluding hydrogens is 367 g/mol. The number of aromatic nitrogens is 4. The smallest absolute Gasteiger partial charge is 0.223 e. The molecule has 0 bridgehead atoms. The number of fused-ring (bicyclic) bond motifs is 1. The monoisotopic (exact) mass is 396 g/mol. The van der Waals surface area contributed by atoms with E-state index in [2.05, 4.69) is 25.7 Å². The van der Waals surface area contributed by atoms with Crippen molar-refractivity contribution in [1.29, 1.82) is 0 Å². The fourth-order valence-electron chi connectivity index (χ4n) is 5.29. The highest BCUT2D eigenvalue weighted by Gasteiger charge is 2.49. The third-order valence-electron chi connectivity index (χ3n) is 7.57. The van der Waals surface area contributed by atoms with Crippen molar-refractivity contribution in [2.24, 2.45) is 5.41 Å². The van der Waals surface area contributed by atoms with Crippen LogP contribution in [0.25, 0.3) is 11.3 Å². The summed E-state index contributed by atoms with van der Waals surface area (Å²) >= 11 is 0. The topological polar surface area (TPSA) is 67.7 Å². The molecule has 3 fully saturated rings. The highest BCUT2D eigenvalue weighted by molar-refractivity contribution is 5.64. The quantitative estimate of drug-likeness (QED) is 0.807. The molecule has 2 aromatic rings. The maximum Gasteiger partial charge on any atom is 0.223 e. The summed E-state index contributed by atoms with van der Waals surface area (Å²) in [7, 11) is 0. The van der Waals surface area contributed by atoms with Gasteiger partial charge in [-0.3, -0.25) is 4.68 Å². The van der Waals surface area contributed by atoms with E-state index in [4.69, 9.17) is 0 Å². The number of hydrogen-bond donors (Lipinski definition) is 2. The molecule has 3 heterocycles. The van der Waals surface area contributed by atoms with Crippen molar-refractivity contribution in [3.8, 4) is 11.3 Å². The lowest BCUT2D eigenvalue weighted by molar-refractivity contribution is 0.260. The molecule has 0 atom stereocenters. The molecule has 6 nitrogen and oxygen atoms in total. The molecule has 6 rings (SSSR count). The Labute approximate surface area is 170 Å². The van der Waals surface area contributed by atoms with E-state index in [1.165, 1.54) is 51.1 Å². The first-order chi connectivity index (χ1) is 14.2. The summed E-state index contributed by atoms with van der Waals surface area (Å²) in [6, 6.07) is 1.76. The molecule has 3 saturated carbocycles. The Kier molecular flexibility index (Phi) is 4.15. The first-order valence-electron chi connectivity index (χ1n) is 11.3. The van der Waals surface area contributed by atoms with E-state index in [0.29, 0.717) is 29.1 Å². The average molecular weight is 397 g/mol. The maximum atomic E-state index is 14.6. The molecular formula is C22H29FN6. The van der Waals surface area contributed by atoms with Gasteiger partial charge in [-0.1, -0.05) is 6.42 Å². The number of hydrogen-bond acceptors (Lipinski definition) is 5. The Morgan fingerprint density at radius 1 is 1.00 bits per heavy atom. The molecule has 0 unspecified atom stereocenters. The average Bonchev–Trinajstić information content (AvgIpc) is 3.19. The molecule has 7 heteroatoms. The predicted octanol–water partition coefficient (Wildman–Crippen LogP) is 3.68. The lowest BCUT2D eigenvalue weighted by Gasteiger charge is -2.35. The summed E-state index contributed by atoms with van der Waals surface area (Å²) in [5.74, 6) is 0.174. The van der Waals surface area contributed by atoms with E-state index in [1.807, 2.05) is 4.68 Å². The molecule has 3 aliphatic carbocycles. The van der Waals surface area contributed by atoms with Gasteiger partial charge in [-0.2, -0.15) is 5.10 Å². The second-order valence-electron chi connectivity index (χ2n) is 9.72. The third-order valence-corrected chi connectivity index (χ3v) is 7.57. The van der Waals surface area contributed by atoms with Gasteiger partial charge >= 0.3 is 0 Å². The van der Waals surface area contributed by atoms with E-state index < -0.39 is 0 Å². The van der Waals surface area contributed by atoms with E-state index >= 15 is 0 Å². The molecule has 0 radical (unpaired) electrons. The highest BCUT2D eigenvalue weighted by Crippen LogP contribution is 2.54. The van der Waals surface area contributed by atoms with Gasteiger partial charge < -0.3 is 10.6 Å². The number of anilines is 1. The highest BCUT2D eigenvalue weighted by atomic mass is 19.1. The lowest BCUT2D eigenvalue weighted by Crippen LogP contribution is -2.45. The molecule has 29 heavy (non-hydrogen) atoms. The summed E-state index contributed by atoms with van der Waals surface area (Å²) in [6.45, 7) is 0.971.